The second kappa shape index (κ2) is 10.6. The zero-order valence-electron chi connectivity index (χ0n) is 24.1. The third-order valence-corrected chi connectivity index (χ3v) is 11.9. The van der Waals surface area contributed by atoms with Gasteiger partial charge in [-0.3, -0.25) is 0 Å². The molecule has 5 fully saturated rings. The van der Waals surface area contributed by atoms with Crippen molar-refractivity contribution >= 4 is 39.0 Å². The van der Waals surface area contributed by atoms with E-state index in [1.807, 2.05) is 42.6 Å². The van der Waals surface area contributed by atoms with E-state index < -0.39 is 21.7 Å². The van der Waals surface area contributed by atoms with Crippen LogP contribution in [0.1, 0.15) is 39.0 Å². The van der Waals surface area contributed by atoms with Crippen LogP contribution in [0, 0.1) is 17.8 Å². The molecule has 8 rings (SSSR count). The number of amides is 1. The molecule has 4 aliphatic carbocycles. The Hall–Kier alpha value is -3.09. The summed E-state index contributed by atoms with van der Waals surface area (Å²) >= 11 is 0. The summed E-state index contributed by atoms with van der Waals surface area (Å²) in [6.45, 7) is 4.97. The highest BCUT2D eigenvalue weighted by molar-refractivity contribution is 7.89. The number of aromatic nitrogens is 1. The Morgan fingerprint density at radius 3 is 2.36 bits per heavy atom. The molecule has 3 unspecified atom stereocenters. The van der Waals surface area contributed by atoms with E-state index in [-0.39, 0.29) is 11.8 Å². The summed E-state index contributed by atoms with van der Waals surface area (Å²) in [6, 6.07) is 11.9. The van der Waals surface area contributed by atoms with Crippen molar-refractivity contribution in [2.45, 2.75) is 50.7 Å². The zero-order valence-corrected chi connectivity index (χ0v) is 24.9. The summed E-state index contributed by atoms with van der Waals surface area (Å²) in [5.74, 6) is 2.15. The number of hydroxylamine groups is 1. The predicted octanol–water partition coefficient (Wildman–Crippen LogP) is 3.09. The number of sulfonamides is 1. The Morgan fingerprint density at radius 1 is 1.00 bits per heavy atom. The van der Waals surface area contributed by atoms with E-state index >= 15 is 0 Å². The van der Waals surface area contributed by atoms with Gasteiger partial charge in [-0.1, -0.05) is 12.1 Å². The summed E-state index contributed by atoms with van der Waals surface area (Å²) in [4.78, 5) is 28.1. The fourth-order valence-electron chi connectivity index (χ4n) is 8.28. The molecule has 4 bridgehead atoms. The monoisotopic (exact) mass is 596 g/mol. The molecule has 4 saturated carbocycles. The lowest BCUT2D eigenvalue weighted by atomic mass is 9.52. The predicted molar refractivity (Wildman–Crippen MR) is 160 cm³/mol. The number of benzene rings is 1. The van der Waals surface area contributed by atoms with Gasteiger partial charge in [0.1, 0.15) is 5.82 Å². The first-order valence-corrected chi connectivity index (χ1v) is 16.9. The van der Waals surface area contributed by atoms with Crippen molar-refractivity contribution in [3.05, 3.63) is 42.6 Å². The molecule has 42 heavy (non-hydrogen) atoms. The van der Waals surface area contributed by atoms with Crippen molar-refractivity contribution in [3.8, 4) is 0 Å². The van der Waals surface area contributed by atoms with Gasteiger partial charge in [0.25, 0.3) is 0 Å². The van der Waals surface area contributed by atoms with Gasteiger partial charge >= 0.3 is 6.09 Å². The van der Waals surface area contributed by atoms with Crippen molar-refractivity contribution < 1.29 is 23.2 Å². The Bertz CT molecular complexity index is 1410. The van der Waals surface area contributed by atoms with Crippen LogP contribution in [0.4, 0.5) is 27.7 Å². The highest BCUT2D eigenvalue weighted by Gasteiger charge is 2.55. The molecule has 2 aliphatic heterocycles. The first-order chi connectivity index (χ1) is 20.2. The molecule has 2 aromatic rings. The summed E-state index contributed by atoms with van der Waals surface area (Å²) in [7, 11) is -3.17. The van der Waals surface area contributed by atoms with Crippen molar-refractivity contribution in [3.63, 3.8) is 0 Å². The van der Waals surface area contributed by atoms with Crippen LogP contribution in [-0.4, -0.2) is 85.6 Å². The summed E-state index contributed by atoms with van der Waals surface area (Å²) in [6.07, 6.45) is 6.03. The van der Waals surface area contributed by atoms with E-state index in [1.165, 1.54) is 0 Å². The third kappa shape index (κ3) is 5.07. The number of nitrogens with one attached hydrogen (secondary N) is 1. The number of anilines is 4. The first-order valence-electron chi connectivity index (χ1n) is 15.3. The van der Waals surface area contributed by atoms with Crippen LogP contribution >= 0.6 is 0 Å². The van der Waals surface area contributed by atoms with Crippen LogP contribution in [0.3, 0.4) is 0 Å². The van der Waals surface area contributed by atoms with Gasteiger partial charge < -0.3 is 25.1 Å². The van der Waals surface area contributed by atoms with Gasteiger partial charge in [0.15, 0.2) is 0 Å². The number of fused-ring (bicyclic) bond motifs is 1. The van der Waals surface area contributed by atoms with E-state index in [2.05, 4.69) is 15.1 Å². The smallest absolute Gasteiger partial charge is 0.390 e. The van der Waals surface area contributed by atoms with E-state index in [1.54, 1.807) is 16.3 Å². The molecule has 6 aliphatic rings. The lowest BCUT2D eigenvalue weighted by Gasteiger charge is -2.57. The number of aliphatic hydroxyl groups is 1. The molecule has 1 amide bonds. The number of piperazine rings is 1. The molecule has 1 saturated heterocycles. The fraction of sp³-hybridized carbons (Fsp3) is 0.600. The molecule has 0 radical (unpaired) electrons. The maximum Gasteiger partial charge on any atom is 0.431 e. The Kier molecular flexibility index (Phi) is 6.98. The highest BCUT2D eigenvalue weighted by atomic mass is 32.2. The largest absolute Gasteiger partial charge is 0.431 e. The second-order valence-corrected chi connectivity index (χ2v) is 14.9. The van der Waals surface area contributed by atoms with E-state index in [9.17, 15) is 18.3 Å². The average Bonchev–Trinajstić information content (AvgIpc) is 2.98. The van der Waals surface area contributed by atoms with Crippen molar-refractivity contribution in [1.82, 2.24) is 14.6 Å². The van der Waals surface area contributed by atoms with Crippen LogP contribution in [0.2, 0.25) is 0 Å². The highest BCUT2D eigenvalue weighted by Crippen LogP contribution is 2.55. The van der Waals surface area contributed by atoms with E-state index in [0.29, 0.717) is 57.0 Å². The zero-order chi connectivity index (χ0) is 29.1. The maximum absolute atomic E-state index is 13.1. The number of carbonyl (C=O) groups excluding carboxylic acids is 1. The van der Waals surface area contributed by atoms with Crippen LogP contribution in [0.15, 0.2) is 42.6 Å². The minimum atomic E-state index is -3.17. The normalized spacial score (nSPS) is 30.8. The molecule has 1 aromatic heterocycles. The molecular formula is C30H40N6O5S. The first kappa shape index (κ1) is 27.7. The summed E-state index contributed by atoms with van der Waals surface area (Å²) in [5, 5.41) is 15.7. The van der Waals surface area contributed by atoms with Gasteiger partial charge in [-0.25, -0.2) is 23.3 Å². The number of carbonyl (C=O) groups is 1. The quantitative estimate of drug-likeness (QED) is 0.519. The molecule has 3 heterocycles. The third-order valence-electron chi connectivity index (χ3n) is 10.1. The number of pyridine rings is 1. The van der Waals surface area contributed by atoms with Crippen molar-refractivity contribution in [2.24, 2.45) is 17.8 Å². The van der Waals surface area contributed by atoms with Gasteiger partial charge in [0.05, 0.1) is 41.2 Å². The maximum atomic E-state index is 13.1. The van der Waals surface area contributed by atoms with E-state index in [4.69, 9.17) is 9.82 Å². The average molecular weight is 597 g/mol. The molecule has 0 spiro atoms. The number of rotatable bonds is 6. The Labute approximate surface area is 247 Å². The minimum absolute atomic E-state index is 0.0626. The summed E-state index contributed by atoms with van der Waals surface area (Å²) < 4.78 is 26.0. The van der Waals surface area contributed by atoms with E-state index in [0.717, 1.165) is 55.0 Å². The Balaban J connectivity index is 1.00. The molecule has 11 nitrogen and oxygen atoms in total. The van der Waals surface area contributed by atoms with Gasteiger partial charge in [-0.15, -0.1) is 0 Å². The summed E-state index contributed by atoms with van der Waals surface area (Å²) in [5.41, 5.74) is 2.15. The number of para-hydroxylation sites is 2. The molecule has 2 N–H and O–H groups in total. The van der Waals surface area contributed by atoms with Gasteiger partial charge in [-0.05, 0) is 81.0 Å². The lowest BCUT2D eigenvalue weighted by molar-refractivity contribution is -0.137. The van der Waals surface area contributed by atoms with Crippen LogP contribution in [0.5, 0.6) is 0 Å². The number of hydrogen-bond donors (Lipinski definition) is 2. The standard InChI is InChI=1S/C30H40N6O5S/c1-2-42(39,40)34-11-9-33(10-12-34)24-7-8-27(31-20-24)35-13-14-36(26-6-4-3-5-25(26)35)41-29(37)32-28-22-15-21-16-23(28)19-30(38,17-21)18-22/h3-8,20-23,28,38H,2,9-19H2,1H3,(H,32,37)/t21?,22-,23+,28?,30?. The van der Waals surface area contributed by atoms with Crippen molar-refractivity contribution in [2.75, 3.05) is 59.9 Å². The van der Waals surface area contributed by atoms with Crippen LogP contribution in [-0.2, 0) is 14.9 Å². The second-order valence-electron chi connectivity index (χ2n) is 12.6. The lowest BCUT2D eigenvalue weighted by Crippen LogP contribution is -2.62. The van der Waals surface area contributed by atoms with Crippen LogP contribution in [0.25, 0.3) is 0 Å². The number of nitrogens with zero attached hydrogens (tertiary/aromatic N) is 5. The molecule has 12 heteroatoms. The molecule has 5 atom stereocenters. The minimum Gasteiger partial charge on any atom is -0.390 e. The van der Waals surface area contributed by atoms with Gasteiger partial charge in [0, 0.05) is 38.8 Å². The van der Waals surface area contributed by atoms with Gasteiger partial charge in [-0.2, -0.15) is 4.31 Å². The Morgan fingerprint density at radius 2 is 1.71 bits per heavy atom. The fourth-order valence-corrected chi connectivity index (χ4v) is 9.36. The number of hydrogen-bond acceptors (Lipinski definition) is 9. The van der Waals surface area contributed by atoms with Crippen molar-refractivity contribution in [1.29, 1.82) is 0 Å². The van der Waals surface area contributed by atoms with Crippen LogP contribution < -0.4 is 20.2 Å². The molecule has 1 aromatic carbocycles. The SMILES string of the molecule is CCS(=O)(=O)N1CCN(c2ccc(N3CCN(OC(=O)NC4[C@@H]5CC6C[C@H]4CC(O)(C6)C5)c4ccccc43)nc2)CC1. The molecular weight excluding hydrogens is 556 g/mol. The van der Waals surface area contributed by atoms with Gasteiger partial charge in [0.2, 0.25) is 10.0 Å². The molecule has 226 valence electrons. The topological polar surface area (TPSA) is 119 Å².